The van der Waals surface area contributed by atoms with Crippen LogP contribution in [-0.2, 0) is 16.6 Å². The van der Waals surface area contributed by atoms with Gasteiger partial charge in [0.2, 0.25) is 0 Å². The summed E-state index contributed by atoms with van der Waals surface area (Å²) in [5, 5.41) is 0.0938. The van der Waals surface area contributed by atoms with Gasteiger partial charge >= 0.3 is 0 Å². The van der Waals surface area contributed by atoms with E-state index in [1.54, 1.807) is 20.0 Å². The molecule has 0 radical (unpaired) electrons. The highest BCUT2D eigenvalue weighted by Gasteiger charge is 2.27. The quantitative estimate of drug-likeness (QED) is 0.822. The minimum atomic E-state index is -3.55. The van der Waals surface area contributed by atoms with Crippen LogP contribution >= 0.6 is 0 Å². The lowest BCUT2D eigenvalue weighted by molar-refractivity contribution is 0.393. The largest absolute Gasteiger partial charge is 0.334 e. The molecule has 1 unspecified atom stereocenters. The van der Waals surface area contributed by atoms with E-state index >= 15 is 0 Å². The highest BCUT2D eigenvalue weighted by Crippen LogP contribution is 2.16. The van der Waals surface area contributed by atoms with Crippen molar-refractivity contribution in [3.63, 3.8) is 0 Å². The highest BCUT2D eigenvalue weighted by molar-refractivity contribution is 7.89. The minimum absolute atomic E-state index is 0.0938. The van der Waals surface area contributed by atoms with Crippen LogP contribution in [0.2, 0.25) is 0 Å². The van der Waals surface area contributed by atoms with Crippen LogP contribution in [0.4, 0.5) is 0 Å². The van der Waals surface area contributed by atoms with Gasteiger partial charge in [0.1, 0.15) is 5.82 Å². The second-order valence-corrected chi connectivity index (χ2v) is 6.37. The first-order chi connectivity index (χ1) is 8.34. The molecule has 2 N–H and O–H groups in total. The van der Waals surface area contributed by atoms with Crippen molar-refractivity contribution < 1.29 is 8.42 Å². The van der Waals surface area contributed by atoms with Crippen molar-refractivity contribution in [2.45, 2.75) is 44.8 Å². The third-order valence-corrected chi connectivity index (χ3v) is 4.87. The molecule has 0 saturated heterocycles. The molecule has 1 atom stereocenters. The predicted octanol–water partition coefficient (Wildman–Crippen LogP) is 0.569. The summed E-state index contributed by atoms with van der Waals surface area (Å²) in [5.74, 6) is 0.712. The Morgan fingerprint density at radius 3 is 2.67 bits per heavy atom. The van der Waals surface area contributed by atoms with E-state index in [4.69, 9.17) is 5.73 Å². The van der Waals surface area contributed by atoms with Crippen LogP contribution in [0.1, 0.15) is 26.1 Å². The third kappa shape index (κ3) is 2.90. The normalized spacial score (nSPS) is 14.1. The Balaban J connectivity index is 3.09. The average molecular weight is 274 g/mol. The van der Waals surface area contributed by atoms with Gasteiger partial charge in [-0.2, -0.15) is 4.31 Å². The zero-order valence-electron chi connectivity index (χ0n) is 11.4. The second kappa shape index (κ2) is 5.81. The Morgan fingerprint density at radius 1 is 1.56 bits per heavy atom. The molecule has 1 aromatic heterocycles. The number of hydrogen-bond donors (Lipinski definition) is 1. The lowest BCUT2D eigenvalue weighted by atomic mass is 10.4. The Labute approximate surface area is 109 Å². The van der Waals surface area contributed by atoms with Crippen LogP contribution < -0.4 is 5.73 Å². The van der Waals surface area contributed by atoms with Gasteiger partial charge in [-0.15, -0.1) is 0 Å². The molecule has 1 heterocycles. The Morgan fingerprint density at radius 2 is 2.17 bits per heavy atom. The minimum Gasteiger partial charge on any atom is -0.334 e. The molecule has 7 heteroatoms. The van der Waals surface area contributed by atoms with Crippen LogP contribution in [0.25, 0.3) is 0 Å². The summed E-state index contributed by atoms with van der Waals surface area (Å²) in [4.78, 5) is 4.13. The number of aromatic nitrogens is 2. The van der Waals surface area contributed by atoms with Gasteiger partial charge in [-0.25, -0.2) is 13.4 Å². The number of likely N-dealkylation sites (N-methyl/N-ethyl adjacent to an activating group) is 1. The SMILES string of the molecule is CCCn1cc(S(=O)(=O)N(C)C(C)CN)nc1C. The molecule has 0 amide bonds. The molecule has 0 spiro atoms. The standard InChI is InChI=1S/C11H22N4O2S/c1-5-6-15-8-11(13-10(15)3)18(16,17)14(4)9(2)7-12/h8-9H,5-7,12H2,1-4H3. The van der Waals surface area contributed by atoms with E-state index in [1.807, 2.05) is 11.5 Å². The van der Waals surface area contributed by atoms with Gasteiger partial charge < -0.3 is 10.3 Å². The van der Waals surface area contributed by atoms with Crippen molar-refractivity contribution >= 4 is 10.0 Å². The summed E-state index contributed by atoms with van der Waals surface area (Å²) < 4.78 is 27.7. The Hall–Kier alpha value is -0.920. The number of sulfonamides is 1. The molecule has 18 heavy (non-hydrogen) atoms. The molecule has 0 aliphatic rings. The summed E-state index contributed by atoms with van der Waals surface area (Å²) >= 11 is 0. The molecule has 1 rings (SSSR count). The van der Waals surface area contributed by atoms with Crippen molar-refractivity contribution in [2.24, 2.45) is 5.73 Å². The zero-order chi connectivity index (χ0) is 13.9. The lowest BCUT2D eigenvalue weighted by Gasteiger charge is -2.21. The Bertz CT molecular complexity index is 495. The maximum atomic E-state index is 12.3. The molecule has 0 bridgehead atoms. The van der Waals surface area contributed by atoms with Crippen molar-refractivity contribution in [3.05, 3.63) is 12.0 Å². The fourth-order valence-corrected chi connectivity index (χ4v) is 2.97. The highest BCUT2D eigenvalue weighted by atomic mass is 32.2. The summed E-state index contributed by atoms with van der Waals surface area (Å²) in [5.41, 5.74) is 5.50. The van der Waals surface area contributed by atoms with E-state index in [0.29, 0.717) is 5.82 Å². The van der Waals surface area contributed by atoms with Crippen molar-refractivity contribution in [2.75, 3.05) is 13.6 Å². The molecule has 0 aliphatic carbocycles. The number of aryl methyl sites for hydroxylation is 2. The smallest absolute Gasteiger partial charge is 0.262 e. The van der Waals surface area contributed by atoms with Gasteiger partial charge in [-0.1, -0.05) is 6.92 Å². The molecule has 6 nitrogen and oxygen atoms in total. The van der Waals surface area contributed by atoms with Gasteiger partial charge in [-0.3, -0.25) is 0 Å². The molecule has 104 valence electrons. The Kier molecular flexibility index (Phi) is 4.89. The number of nitrogens with two attached hydrogens (primary N) is 1. The zero-order valence-corrected chi connectivity index (χ0v) is 12.2. The van der Waals surface area contributed by atoms with E-state index in [-0.39, 0.29) is 17.6 Å². The molecule has 0 saturated carbocycles. The molecule has 0 aliphatic heterocycles. The first-order valence-corrected chi connectivity index (χ1v) is 7.50. The average Bonchev–Trinajstić information content (AvgIpc) is 2.70. The first kappa shape index (κ1) is 15.1. The summed E-state index contributed by atoms with van der Waals surface area (Å²) in [7, 11) is -2.02. The first-order valence-electron chi connectivity index (χ1n) is 6.06. The molecule has 0 aromatic carbocycles. The predicted molar refractivity (Wildman–Crippen MR) is 70.7 cm³/mol. The molecular formula is C11H22N4O2S. The van der Waals surface area contributed by atoms with E-state index in [0.717, 1.165) is 13.0 Å². The number of hydrogen-bond acceptors (Lipinski definition) is 4. The molecule has 1 aromatic rings. The lowest BCUT2D eigenvalue weighted by Crippen LogP contribution is -2.39. The monoisotopic (exact) mass is 274 g/mol. The number of nitrogens with zero attached hydrogens (tertiary/aromatic N) is 3. The van der Waals surface area contributed by atoms with E-state index in [9.17, 15) is 8.42 Å². The second-order valence-electron chi connectivity index (χ2n) is 4.43. The van der Waals surface area contributed by atoms with Crippen LogP contribution in [0.5, 0.6) is 0 Å². The fraction of sp³-hybridized carbons (Fsp3) is 0.727. The fourth-order valence-electron chi connectivity index (χ4n) is 1.60. The van der Waals surface area contributed by atoms with Crippen molar-refractivity contribution in [3.8, 4) is 0 Å². The topological polar surface area (TPSA) is 81.2 Å². The maximum absolute atomic E-state index is 12.3. The van der Waals surface area contributed by atoms with Gasteiger partial charge in [0.05, 0.1) is 0 Å². The van der Waals surface area contributed by atoms with Gasteiger partial charge in [-0.05, 0) is 20.3 Å². The third-order valence-electron chi connectivity index (χ3n) is 3.02. The number of imidazole rings is 1. The van der Waals surface area contributed by atoms with Crippen molar-refractivity contribution in [1.82, 2.24) is 13.9 Å². The summed E-state index contributed by atoms with van der Waals surface area (Å²) in [6.45, 7) is 6.67. The molecular weight excluding hydrogens is 252 g/mol. The van der Waals surface area contributed by atoms with Gasteiger partial charge in [0.15, 0.2) is 5.03 Å². The molecule has 0 fully saturated rings. The summed E-state index contributed by atoms with van der Waals surface area (Å²) in [6, 6.07) is -0.244. The van der Waals surface area contributed by atoms with Crippen molar-refractivity contribution in [1.29, 1.82) is 0 Å². The van der Waals surface area contributed by atoms with E-state index in [2.05, 4.69) is 4.98 Å². The van der Waals surface area contributed by atoms with Gasteiger partial charge in [0, 0.05) is 32.4 Å². The van der Waals surface area contributed by atoms with E-state index < -0.39 is 10.0 Å². The van der Waals surface area contributed by atoms with Gasteiger partial charge in [0.25, 0.3) is 10.0 Å². The van der Waals surface area contributed by atoms with Crippen LogP contribution in [-0.4, -0.2) is 41.9 Å². The van der Waals surface area contributed by atoms with Crippen LogP contribution in [0.15, 0.2) is 11.2 Å². The number of rotatable bonds is 6. The van der Waals surface area contributed by atoms with Crippen LogP contribution in [0.3, 0.4) is 0 Å². The van der Waals surface area contributed by atoms with Crippen LogP contribution in [0, 0.1) is 6.92 Å². The van der Waals surface area contributed by atoms with E-state index in [1.165, 1.54) is 11.4 Å². The summed E-state index contributed by atoms with van der Waals surface area (Å²) in [6.07, 6.45) is 2.53. The maximum Gasteiger partial charge on any atom is 0.262 e.